The molecule has 20 heavy (non-hydrogen) atoms. The molecule has 0 aliphatic heterocycles. The van der Waals surface area contributed by atoms with Gasteiger partial charge >= 0.3 is 0 Å². The average molecular weight is 290 g/mol. The molecule has 0 saturated heterocycles. The molecule has 4 heteroatoms. The van der Waals surface area contributed by atoms with Crippen LogP contribution in [-0.2, 0) is 6.54 Å². The highest BCUT2D eigenvalue weighted by atomic mass is 35.5. The molecule has 0 fully saturated rings. The molecule has 0 radical (unpaired) electrons. The van der Waals surface area contributed by atoms with Crippen LogP contribution in [0.15, 0.2) is 46.9 Å². The fourth-order valence-corrected chi connectivity index (χ4v) is 2.52. The van der Waals surface area contributed by atoms with Crippen LogP contribution in [0.2, 0.25) is 5.22 Å². The van der Waals surface area contributed by atoms with Gasteiger partial charge in [0.05, 0.1) is 5.69 Å². The molecule has 0 unspecified atom stereocenters. The zero-order valence-electron chi connectivity index (χ0n) is 10.9. The topological polar surface area (TPSA) is 25.2 Å². The second-order valence-corrected chi connectivity index (χ2v) is 4.98. The van der Waals surface area contributed by atoms with Crippen LogP contribution in [0.25, 0.3) is 11.0 Å². The number of halogens is 2. The summed E-state index contributed by atoms with van der Waals surface area (Å²) in [7, 11) is 0. The van der Waals surface area contributed by atoms with Crippen LogP contribution in [0.1, 0.15) is 11.1 Å². The molecule has 1 heterocycles. The summed E-state index contributed by atoms with van der Waals surface area (Å²) in [6, 6.07) is 12.6. The first-order chi connectivity index (χ1) is 9.66. The number of para-hydroxylation sites is 2. The number of nitrogens with one attached hydrogen (secondary N) is 1. The van der Waals surface area contributed by atoms with Gasteiger partial charge in [0.15, 0.2) is 5.22 Å². The molecule has 102 valence electrons. The lowest BCUT2D eigenvalue weighted by molar-refractivity contribution is 0.612. The number of hydrogen-bond donors (Lipinski definition) is 1. The third-order valence-corrected chi connectivity index (χ3v) is 3.62. The third kappa shape index (κ3) is 2.25. The lowest BCUT2D eigenvalue weighted by Crippen LogP contribution is -2.03. The number of furan rings is 1. The molecule has 1 N–H and O–H groups in total. The van der Waals surface area contributed by atoms with Crippen molar-refractivity contribution in [1.29, 1.82) is 0 Å². The molecule has 2 aromatic carbocycles. The molecule has 0 bridgehead atoms. The van der Waals surface area contributed by atoms with E-state index in [1.807, 2.05) is 37.3 Å². The van der Waals surface area contributed by atoms with E-state index in [0.29, 0.717) is 17.5 Å². The Morgan fingerprint density at radius 1 is 1.15 bits per heavy atom. The number of anilines is 1. The van der Waals surface area contributed by atoms with Crippen LogP contribution >= 0.6 is 11.6 Å². The summed E-state index contributed by atoms with van der Waals surface area (Å²) >= 11 is 6.11. The Morgan fingerprint density at radius 3 is 2.75 bits per heavy atom. The van der Waals surface area contributed by atoms with Crippen LogP contribution in [0, 0.1) is 12.7 Å². The van der Waals surface area contributed by atoms with Gasteiger partial charge in [0.1, 0.15) is 11.4 Å². The summed E-state index contributed by atoms with van der Waals surface area (Å²) < 4.78 is 19.3. The lowest BCUT2D eigenvalue weighted by atomic mass is 10.1. The van der Waals surface area contributed by atoms with E-state index in [0.717, 1.165) is 22.1 Å². The second kappa shape index (κ2) is 5.17. The van der Waals surface area contributed by atoms with Crippen molar-refractivity contribution >= 4 is 28.3 Å². The molecule has 0 atom stereocenters. The van der Waals surface area contributed by atoms with Gasteiger partial charge < -0.3 is 9.73 Å². The summed E-state index contributed by atoms with van der Waals surface area (Å²) in [5.41, 5.74) is 2.92. The Labute approximate surface area is 121 Å². The SMILES string of the molecule is Cc1cccc(F)c1NCc1c(Cl)oc2ccccc12. The molecule has 0 amide bonds. The van der Waals surface area contributed by atoms with E-state index in [1.165, 1.54) is 6.07 Å². The first-order valence-corrected chi connectivity index (χ1v) is 6.69. The van der Waals surface area contributed by atoms with E-state index in [2.05, 4.69) is 5.32 Å². The van der Waals surface area contributed by atoms with Crippen molar-refractivity contribution in [2.75, 3.05) is 5.32 Å². The van der Waals surface area contributed by atoms with Gasteiger partial charge in [-0.05, 0) is 36.2 Å². The van der Waals surface area contributed by atoms with E-state index in [1.54, 1.807) is 6.07 Å². The van der Waals surface area contributed by atoms with Crippen molar-refractivity contribution in [3.8, 4) is 0 Å². The molecule has 1 aromatic heterocycles. The fourth-order valence-electron chi connectivity index (χ4n) is 2.27. The van der Waals surface area contributed by atoms with E-state index in [-0.39, 0.29) is 5.82 Å². The van der Waals surface area contributed by atoms with Crippen molar-refractivity contribution in [2.24, 2.45) is 0 Å². The van der Waals surface area contributed by atoms with Crippen molar-refractivity contribution in [3.05, 3.63) is 64.6 Å². The van der Waals surface area contributed by atoms with Crippen LogP contribution in [0.4, 0.5) is 10.1 Å². The Morgan fingerprint density at radius 2 is 1.95 bits per heavy atom. The van der Waals surface area contributed by atoms with Gasteiger partial charge in [0, 0.05) is 17.5 Å². The summed E-state index contributed by atoms with van der Waals surface area (Å²) in [5, 5.41) is 4.38. The Kier molecular flexibility index (Phi) is 3.36. The maximum absolute atomic E-state index is 13.8. The van der Waals surface area contributed by atoms with Crippen LogP contribution in [-0.4, -0.2) is 0 Å². The normalized spacial score (nSPS) is 10.9. The van der Waals surface area contributed by atoms with Crippen LogP contribution in [0.3, 0.4) is 0 Å². The molecule has 0 spiro atoms. The molecule has 0 aliphatic rings. The van der Waals surface area contributed by atoms with Gasteiger partial charge in [-0.15, -0.1) is 0 Å². The molecule has 3 rings (SSSR count). The maximum Gasteiger partial charge on any atom is 0.199 e. The molecular weight excluding hydrogens is 277 g/mol. The van der Waals surface area contributed by atoms with Gasteiger partial charge in [-0.25, -0.2) is 4.39 Å². The minimum atomic E-state index is -0.270. The second-order valence-electron chi connectivity index (χ2n) is 4.64. The maximum atomic E-state index is 13.8. The largest absolute Gasteiger partial charge is 0.444 e. The molecule has 0 aliphatic carbocycles. The van der Waals surface area contributed by atoms with Gasteiger partial charge in [0.25, 0.3) is 0 Å². The first kappa shape index (κ1) is 13.0. The predicted octanol–water partition coefficient (Wildman–Crippen LogP) is 5.15. The smallest absolute Gasteiger partial charge is 0.199 e. The van der Waals surface area contributed by atoms with E-state index < -0.39 is 0 Å². The van der Waals surface area contributed by atoms with E-state index in [4.69, 9.17) is 16.0 Å². The molecule has 2 nitrogen and oxygen atoms in total. The van der Waals surface area contributed by atoms with Crippen LogP contribution in [0.5, 0.6) is 0 Å². The Bertz CT molecular complexity index is 746. The Balaban J connectivity index is 1.93. The number of fused-ring (bicyclic) bond motifs is 1. The Hall–Kier alpha value is -2.00. The van der Waals surface area contributed by atoms with Gasteiger partial charge in [-0.3, -0.25) is 0 Å². The van der Waals surface area contributed by atoms with Crippen molar-refractivity contribution < 1.29 is 8.81 Å². The first-order valence-electron chi connectivity index (χ1n) is 6.31. The summed E-state index contributed by atoms with van der Waals surface area (Å²) in [5.74, 6) is -0.270. The molecule has 3 aromatic rings. The quantitative estimate of drug-likeness (QED) is 0.721. The summed E-state index contributed by atoms with van der Waals surface area (Å²) in [4.78, 5) is 0. The van der Waals surface area contributed by atoms with Crippen molar-refractivity contribution in [2.45, 2.75) is 13.5 Å². The van der Waals surface area contributed by atoms with E-state index >= 15 is 0 Å². The highest BCUT2D eigenvalue weighted by molar-refractivity contribution is 6.30. The van der Waals surface area contributed by atoms with Crippen LogP contribution < -0.4 is 5.32 Å². The minimum absolute atomic E-state index is 0.270. The van der Waals surface area contributed by atoms with Crippen molar-refractivity contribution in [3.63, 3.8) is 0 Å². The fraction of sp³-hybridized carbons (Fsp3) is 0.125. The highest BCUT2D eigenvalue weighted by Gasteiger charge is 2.13. The van der Waals surface area contributed by atoms with Gasteiger partial charge in [0.2, 0.25) is 0 Å². The monoisotopic (exact) mass is 289 g/mol. The lowest BCUT2D eigenvalue weighted by Gasteiger charge is -2.10. The molecular formula is C16H13ClFNO. The van der Waals surface area contributed by atoms with Crippen molar-refractivity contribution in [1.82, 2.24) is 0 Å². The number of aryl methyl sites for hydroxylation is 1. The number of benzene rings is 2. The van der Waals surface area contributed by atoms with E-state index in [9.17, 15) is 4.39 Å². The summed E-state index contributed by atoms with van der Waals surface area (Å²) in [6.45, 7) is 2.28. The zero-order valence-corrected chi connectivity index (χ0v) is 11.7. The summed E-state index contributed by atoms with van der Waals surface area (Å²) in [6.07, 6.45) is 0. The standard InChI is InChI=1S/C16H13ClFNO/c1-10-5-4-7-13(18)15(10)19-9-12-11-6-2-3-8-14(11)20-16(12)17/h2-8,19H,9H2,1H3. The molecule has 0 saturated carbocycles. The van der Waals surface area contributed by atoms with Gasteiger partial charge in [-0.1, -0.05) is 30.3 Å². The average Bonchev–Trinajstić information content (AvgIpc) is 2.74. The number of hydrogen-bond acceptors (Lipinski definition) is 2. The predicted molar refractivity (Wildman–Crippen MR) is 79.7 cm³/mol. The highest BCUT2D eigenvalue weighted by Crippen LogP contribution is 2.30. The minimum Gasteiger partial charge on any atom is -0.444 e. The third-order valence-electron chi connectivity index (χ3n) is 3.31. The zero-order chi connectivity index (χ0) is 14.1. The van der Waals surface area contributed by atoms with Gasteiger partial charge in [-0.2, -0.15) is 0 Å². The number of rotatable bonds is 3.